The maximum Gasteiger partial charge on any atom is 0.271 e. The van der Waals surface area contributed by atoms with Crippen LogP contribution in [0.2, 0.25) is 0 Å². The smallest absolute Gasteiger partial charge is 0.271 e. The average Bonchev–Trinajstić information content (AvgIpc) is 3.12. The van der Waals surface area contributed by atoms with Crippen LogP contribution >= 0.6 is 11.5 Å². The summed E-state index contributed by atoms with van der Waals surface area (Å²) >= 11 is 1.24. The molecule has 1 aliphatic carbocycles. The highest BCUT2D eigenvalue weighted by Gasteiger charge is 2.47. The van der Waals surface area contributed by atoms with Crippen LogP contribution in [0, 0.1) is 0 Å². The summed E-state index contributed by atoms with van der Waals surface area (Å²) < 4.78 is 4.06. The second-order valence-corrected chi connectivity index (χ2v) is 6.60. The van der Waals surface area contributed by atoms with Crippen LogP contribution in [0.1, 0.15) is 41.4 Å². The van der Waals surface area contributed by atoms with Crippen molar-refractivity contribution < 1.29 is 9.59 Å². The molecule has 0 spiro atoms. The molecule has 2 aromatic rings. The summed E-state index contributed by atoms with van der Waals surface area (Å²) in [6, 6.07) is 5.42. The van der Waals surface area contributed by atoms with Crippen molar-refractivity contribution in [3.8, 4) is 0 Å². The molecular weight excluding hydrogens is 312 g/mol. The third-order valence-corrected chi connectivity index (χ3v) is 4.88. The lowest BCUT2D eigenvalue weighted by atomic mass is 10.0. The van der Waals surface area contributed by atoms with E-state index in [4.69, 9.17) is 0 Å². The van der Waals surface area contributed by atoms with Crippen LogP contribution in [-0.4, -0.2) is 38.2 Å². The normalized spacial score (nSPS) is 24.0. The summed E-state index contributed by atoms with van der Waals surface area (Å²) in [4.78, 5) is 30.9. The fourth-order valence-electron chi connectivity index (χ4n) is 3.18. The summed E-state index contributed by atoms with van der Waals surface area (Å²) in [5, 5.41) is 4.76. The molecule has 2 fully saturated rings. The van der Waals surface area contributed by atoms with Crippen LogP contribution in [0.15, 0.2) is 36.0 Å². The van der Waals surface area contributed by atoms with E-state index in [1.807, 2.05) is 17.0 Å². The number of likely N-dealkylation sites (tertiary alicyclic amines) is 1. The summed E-state index contributed by atoms with van der Waals surface area (Å²) in [6.07, 6.45) is 5.89. The molecular formula is C16H16N4O2S. The second-order valence-electron chi connectivity index (χ2n) is 5.93. The fraction of sp³-hybridized carbons (Fsp3) is 0.375. The quantitative estimate of drug-likeness (QED) is 0.928. The van der Waals surface area contributed by atoms with Crippen molar-refractivity contribution >= 4 is 23.3 Å². The zero-order chi connectivity index (χ0) is 15.8. The van der Waals surface area contributed by atoms with Gasteiger partial charge in [0.2, 0.25) is 5.91 Å². The van der Waals surface area contributed by atoms with Crippen molar-refractivity contribution in [3.63, 3.8) is 0 Å². The Kier molecular flexibility index (Phi) is 3.57. The zero-order valence-electron chi connectivity index (χ0n) is 12.4. The van der Waals surface area contributed by atoms with Gasteiger partial charge in [0.15, 0.2) is 0 Å². The van der Waals surface area contributed by atoms with Gasteiger partial charge in [0.05, 0.1) is 12.1 Å². The molecule has 6 nitrogen and oxygen atoms in total. The summed E-state index contributed by atoms with van der Waals surface area (Å²) in [5.74, 6) is -0.125. The molecule has 4 rings (SSSR count). The molecule has 0 bridgehead atoms. The molecule has 2 amide bonds. The summed E-state index contributed by atoms with van der Waals surface area (Å²) in [6.45, 7) is 0. The number of carbonyl (C=O) groups is 2. The second kappa shape index (κ2) is 5.73. The highest BCUT2D eigenvalue weighted by atomic mass is 32.1. The van der Waals surface area contributed by atoms with E-state index in [2.05, 4.69) is 14.7 Å². The molecule has 1 saturated heterocycles. The highest BCUT2D eigenvalue weighted by Crippen LogP contribution is 2.41. The molecule has 2 aliphatic rings. The first-order chi connectivity index (χ1) is 11.2. The minimum Gasteiger partial charge on any atom is -0.345 e. The van der Waals surface area contributed by atoms with Gasteiger partial charge in [0, 0.05) is 30.2 Å². The van der Waals surface area contributed by atoms with E-state index < -0.39 is 0 Å². The van der Waals surface area contributed by atoms with Gasteiger partial charge in [-0.05, 0) is 42.1 Å². The average molecular weight is 328 g/mol. The number of carbonyl (C=O) groups excluding carboxylic acids is 2. The van der Waals surface area contributed by atoms with E-state index in [9.17, 15) is 9.59 Å². The van der Waals surface area contributed by atoms with Gasteiger partial charge < -0.3 is 10.2 Å². The van der Waals surface area contributed by atoms with E-state index in [0.29, 0.717) is 18.2 Å². The van der Waals surface area contributed by atoms with Crippen molar-refractivity contribution in [2.75, 3.05) is 0 Å². The van der Waals surface area contributed by atoms with Crippen LogP contribution in [0.3, 0.4) is 0 Å². The molecule has 1 saturated carbocycles. The van der Waals surface area contributed by atoms with E-state index in [1.54, 1.807) is 23.8 Å². The van der Waals surface area contributed by atoms with Gasteiger partial charge in [-0.25, -0.2) is 0 Å². The SMILES string of the molecule is O=C(N[C@@H]1CC(=O)N(C2CC2)[C@H]1c1cccnc1)c1ccsn1. The molecule has 1 N–H and O–H groups in total. The lowest BCUT2D eigenvalue weighted by Crippen LogP contribution is -2.40. The largest absolute Gasteiger partial charge is 0.345 e. The third kappa shape index (κ3) is 2.72. The molecule has 0 radical (unpaired) electrons. The van der Waals surface area contributed by atoms with Crippen LogP contribution in [0.5, 0.6) is 0 Å². The number of amides is 2. The minimum atomic E-state index is -0.249. The van der Waals surface area contributed by atoms with E-state index in [0.717, 1.165) is 18.4 Å². The Balaban J connectivity index is 1.62. The number of rotatable bonds is 4. The minimum absolute atomic E-state index is 0.102. The highest BCUT2D eigenvalue weighted by molar-refractivity contribution is 7.03. The number of aromatic nitrogens is 2. The van der Waals surface area contributed by atoms with E-state index >= 15 is 0 Å². The van der Waals surface area contributed by atoms with Gasteiger partial charge in [-0.1, -0.05) is 6.07 Å². The number of pyridine rings is 1. The van der Waals surface area contributed by atoms with E-state index in [-0.39, 0.29) is 23.9 Å². The van der Waals surface area contributed by atoms with Gasteiger partial charge in [-0.3, -0.25) is 14.6 Å². The Morgan fingerprint density at radius 2 is 2.22 bits per heavy atom. The standard InChI is InChI=1S/C16H16N4O2S/c21-14-8-13(18-16(22)12-5-7-23-19-12)15(20(14)11-3-4-11)10-2-1-6-17-9-10/h1-2,5-7,9,11,13,15H,3-4,8H2,(H,18,22)/t13-,15+/m1/s1. The first kappa shape index (κ1) is 14.3. The number of nitrogens with one attached hydrogen (secondary N) is 1. The molecule has 2 aromatic heterocycles. The fourth-order valence-corrected chi connectivity index (χ4v) is 3.69. The van der Waals surface area contributed by atoms with Gasteiger partial charge in [-0.2, -0.15) is 4.37 Å². The van der Waals surface area contributed by atoms with E-state index in [1.165, 1.54) is 11.5 Å². The van der Waals surface area contributed by atoms with Crippen molar-refractivity contribution in [2.45, 2.75) is 37.4 Å². The molecule has 118 valence electrons. The molecule has 3 heterocycles. The lowest BCUT2D eigenvalue weighted by Gasteiger charge is -2.28. The Hall–Kier alpha value is -2.28. The lowest BCUT2D eigenvalue weighted by molar-refractivity contribution is -0.129. The van der Waals surface area contributed by atoms with Crippen LogP contribution in [0.25, 0.3) is 0 Å². The van der Waals surface area contributed by atoms with Crippen LogP contribution < -0.4 is 5.32 Å². The van der Waals surface area contributed by atoms with Gasteiger partial charge in [0.1, 0.15) is 5.69 Å². The molecule has 7 heteroatoms. The summed E-state index contributed by atoms with van der Waals surface area (Å²) in [7, 11) is 0. The molecule has 1 aliphatic heterocycles. The molecule has 0 aromatic carbocycles. The molecule has 0 unspecified atom stereocenters. The summed E-state index contributed by atoms with van der Waals surface area (Å²) in [5.41, 5.74) is 1.37. The monoisotopic (exact) mass is 328 g/mol. The Labute approximate surface area is 137 Å². The van der Waals surface area contributed by atoms with Gasteiger partial charge in [-0.15, -0.1) is 0 Å². The van der Waals surface area contributed by atoms with Crippen molar-refractivity contribution in [1.29, 1.82) is 0 Å². The van der Waals surface area contributed by atoms with Crippen molar-refractivity contribution in [1.82, 2.24) is 19.6 Å². The van der Waals surface area contributed by atoms with Gasteiger partial charge >= 0.3 is 0 Å². The maximum absolute atomic E-state index is 12.5. The third-order valence-electron chi connectivity index (χ3n) is 4.32. The maximum atomic E-state index is 12.5. The first-order valence-corrected chi connectivity index (χ1v) is 8.50. The number of nitrogens with zero attached hydrogens (tertiary/aromatic N) is 3. The predicted molar refractivity (Wildman–Crippen MR) is 84.8 cm³/mol. The Bertz CT molecular complexity index is 715. The van der Waals surface area contributed by atoms with Crippen LogP contribution in [-0.2, 0) is 4.79 Å². The van der Waals surface area contributed by atoms with Gasteiger partial charge in [0.25, 0.3) is 5.91 Å². The first-order valence-electron chi connectivity index (χ1n) is 7.66. The van der Waals surface area contributed by atoms with Crippen molar-refractivity contribution in [3.05, 3.63) is 47.2 Å². The molecule has 23 heavy (non-hydrogen) atoms. The number of hydrogen-bond donors (Lipinski definition) is 1. The van der Waals surface area contributed by atoms with Crippen LogP contribution in [0.4, 0.5) is 0 Å². The Morgan fingerprint density at radius 1 is 1.35 bits per heavy atom. The topological polar surface area (TPSA) is 75.2 Å². The Morgan fingerprint density at radius 3 is 2.87 bits per heavy atom. The van der Waals surface area contributed by atoms with Crippen molar-refractivity contribution in [2.24, 2.45) is 0 Å². The zero-order valence-corrected chi connectivity index (χ0v) is 13.2. The predicted octanol–water partition coefficient (Wildman–Crippen LogP) is 1.77. The number of hydrogen-bond acceptors (Lipinski definition) is 5. The molecule has 2 atom stereocenters.